The molecule has 0 saturated carbocycles. The number of hydrogen-bond acceptors (Lipinski definition) is 3. The highest BCUT2D eigenvalue weighted by molar-refractivity contribution is 14.0. The maximum atomic E-state index is 5.79. The second-order valence-electron chi connectivity index (χ2n) is 5.97. The smallest absolute Gasteiger partial charge is 0.190 e. The molecule has 0 saturated heterocycles. The van der Waals surface area contributed by atoms with Crippen LogP contribution in [0.5, 0.6) is 5.75 Å². The van der Waals surface area contributed by atoms with Crippen molar-refractivity contribution in [1.29, 1.82) is 0 Å². The maximum Gasteiger partial charge on any atom is 0.190 e. The SMILES string of the molecule is CN=C(NCCCCc1ccc(OC)cc1)NCCc1ccc(Cl)nc1.I. The fourth-order valence-electron chi connectivity index (χ4n) is 2.55. The van der Waals surface area contributed by atoms with Crippen molar-refractivity contribution in [1.82, 2.24) is 15.6 Å². The number of methoxy groups -OCH3 is 1. The number of ether oxygens (including phenoxy) is 1. The fourth-order valence-corrected chi connectivity index (χ4v) is 2.67. The summed E-state index contributed by atoms with van der Waals surface area (Å²) in [5.74, 6) is 1.73. The van der Waals surface area contributed by atoms with Crippen molar-refractivity contribution in [2.75, 3.05) is 27.2 Å². The number of halogens is 2. The van der Waals surface area contributed by atoms with E-state index >= 15 is 0 Å². The number of aromatic nitrogens is 1. The van der Waals surface area contributed by atoms with Gasteiger partial charge in [-0.25, -0.2) is 4.98 Å². The van der Waals surface area contributed by atoms with Crippen LogP contribution in [-0.2, 0) is 12.8 Å². The zero-order chi connectivity index (χ0) is 18.6. The monoisotopic (exact) mass is 502 g/mol. The van der Waals surface area contributed by atoms with Crippen LogP contribution in [-0.4, -0.2) is 38.2 Å². The molecule has 0 aliphatic carbocycles. The molecular formula is C20H28ClIN4O. The number of unbranched alkanes of at least 4 members (excludes halogenated alkanes) is 1. The lowest BCUT2D eigenvalue weighted by molar-refractivity contribution is 0.414. The molecular weight excluding hydrogens is 475 g/mol. The molecule has 2 aromatic rings. The van der Waals surface area contributed by atoms with Gasteiger partial charge in [-0.3, -0.25) is 4.99 Å². The third-order valence-corrected chi connectivity index (χ3v) is 4.29. The van der Waals surface area contributed by atoms with Crippen molar-refractivity contribution in [2.24, 2.45) is 4.99 Å². The molecule has 7 heteroatoms. The minimum atomic E-state index is 0. The van der Waals surface area contributed by atoms with Gasteiger partial charge in [-0.15, -0.1) is 24.0 Å². The first-order valence-corrected chi connectivity index (χ1v) is 9.27. The van der Waals surface area contributed by atoms with Gasteiger partial charge in [0.15, 0.2) is 5.96 Å². The van der Waals surface area contributed by atoms with Gasteiger partial charge in [-0.1, -0.05) is 29.8 Å². The van der Waals surface area contributed by atoms with E-state index < -0.39 is 0 Å². The second kappa shape index (κ2) is 13.6. The van der Waals surface area contributed by atoms with Gasteiger partial charge < -0.3 is 15.4 Å². The molecule has 2 N–H and O–H groups in total. The highest BCUT2D eigenvalue weighted by Gasteiger charge is 1.99. The lowest BCUT2D eigenvalue weighted by atomic mass is 10.1. The summed E-state index contributed by atoms with van der Waals surface area (Å²) in [7, 11) is 3.48. The Hall–Kier alpha value is -1.54. The molecule has 1 heterocycles. The van der Waals surface area contributed by atoms with Crippen LogP contribution in [0.15, 0.2) is 47.6 Å². The topological polar surface area (TPSA) is 58.5 Å². The summed E-state index contributed by atoms with van der Waals surface area (Å²) in [4.78, 5) is 8.34. The predicted molar refractivity (Wildman–Crippen MR) is 124 cm³/mol. The number of aliphatic imine (C=N–C) groups is 1. The molecule has 0 spiro atoms. The first-order chi connectivity index (χ1) is 12.7. The number of nitrogens with one attached hydrogen (secondary N) is 2. The number of pyridine rings is 1. The summed E-state index contributed by atoms with van der Waals surface area (Å²) >= 11 is 5.79. The third-order valence-electron chi connectivity index (χ3n) is 4.06. The summed E-state index contributed by atoms with van der Waals surface area (Å²) in [6.45, 7) is 1.70. The number of hydrogen-bond donors (Lipinski definition) is 2. The van der Waals surface area contributed by atoms with Gasteiger partial charge in [-0.05, 0) is 55.0 Å². The minimum absolute atomic E-state index is 0. The summed E-state index contributed by atoms with van der Waals surface area (Å²) in [6.07, 6.45) is 5.98. The van der Waals surface area contributed by atoms with Crippen molar-refractivity contribution in [2.45, 2.75) is 25.7 Å². The molecule has 0 bridgehead atoms. The summed E-state index contributed by atoms with van der Waals surface area (Å²) < 4.78 is 5.18. The van der Waals surface area contributed by atoms with E-state index in [1.165, 1.54) is 5.56 Å². The average molecular weight is 503 g/mol. The Morgan fingerprint density at radius 3 is 2.33 bits per heavy atom. The van der Waals surface area contributed by atoms with Crippen molar-refractivity contribution >= 4 is 41.5 Å². The molecule has 0 radical (unpaired) electrons. The van der Waals surface area contributed by atoms with Crippen LogP contribution in [0.4, 0.5) is 0 Å². The Balaban J connectivity index is 0.00000364. The molecule has 27 heavy (non-hydrogen) atoms. The quantitative estimate of drug-likeness (QED) is 0.178. The Morgan fingerprint density at radius 1 is 1.00 bits per heavy atom. The largest absolute Gasteiger partial charge is 0.497 e. The zero-order valence-corrected chi connectivity index (χ0v) is 19.0. The first-order valence-electron chi connectivity index (χ1n) is 8.89. The van der Waals surface area contributed by atoms with E-state index in [4.69, 9.17) is 16.3 Å². The van der Waals surface area contributed by atoms with Crippen LogP contribution in [0.3, 0.4) is 0 Å². The molecule has 0 amide bonds. The lowest BCUT2D eigenvalue weighted by Crippen LogP contribution is -2.38. The van der Waals surface area contributed by atoms with Crippen molar-refractivity contribution in [3.8, 4) is 5.75 Å². The van der Waals surface area contributed by atoms with E-state index in [2.05, 4.69) is 32.7 Å². The Labute approximate surface area is 184 Å². The summed E-state index contributed by atoms with van der Waals surface area (Å²) in [5.41, 5.74) is 2.49. The standard InChI is InChI=1S/C20H27ClN4O.HI/c1-22-20(24-14-12-17-8-11-19(21)25-15-17)23-13-4-3-5-16-6-9-18(26-2)10-7-16;/h6-11,15H,3-5,12-14H2,1-2H3,(H2,22,23,24);1H. The van der Waals surface area contributed by atoms with E-state index in [1.807, 2.05) is 24.3 Å². The highest BCUT2D eigenvalue weighted by atomic mass is 127. The summed E-state index contributed by atoms with van der Waals surface area (Å²) in [6, 6.07) is 12.1. The predicted octanol–water partition coefficient (Wildman–Crippen LogP) is 4.09. The third kappa shape index (κ3) is 9.28. The molecule has 148 valence electrons. The number of benzene rings is 1. The van der Waals surface area contributed by atoms with Gasteiger partial charge in [0.05, 0.1) is 7.11 Å². The van der Waals surface area contributed by atoms with Crippen molar-refractivity contribution in [3.63, 3.8) is 0 Å². The van der Waals surface area contributed by atoms with Crippen LogP contribution >= 0.6 is 35.6 Å². The van der Waals surface area contributed by atoms with Gasteiger partial charge in [0.1, 0.15) is 10.9 Å². The Bertz CT molecular complexity index is 677. The number of aryl methyl sites for hydroxylation is 1. The Morgan fingerprint density at radius 2 is 1.70 bits per heavy atom. The number of guanidine groups is 1. The van der Waals surface area contributed by atoms with E-state index in [0.717, 1.165) is 56.0 Å². The van der Waals surface area contributed by atoms with Gasteiger partial charge >= 0.3 is 0 Å². The maximum absolute atomic E-state index is 5.79. The average Bonchev–Trinajstić information content (AvgIpc) is 2.68. The van der Waals surface area contributed by atoms with Gasteiger partial charge in [0.25, 0.3) is 0 Å². The van der Waals surface area contributed by atoms with Crippen LogP contribution in [0.2, 0.25) is 5.15 Å². The van der Waals surface area contributed by atoms with Crippen LogP contribution in [0.1, 0.15) is 24.0 Å². The van der Waals surface area contributed by atoms with Gasteiger partial charge in [0.2, 0.25) is 0 Å². The molecule has 5 nitrogen and oxygen atoms in total. The molecule has 1 aromatic heterocycles. The minimum Gasteiger partial charge on any atom is -0.497 e. The molecule has 0 aliphatic rings. The van der Waals surface area contributed by atoms with E-state index in [9.17, 15) is 0 Å². The Kier molecular flexibility index (Phi) is 11.8. The van der Waals surface area contributed by atoms with Crippen molar-refractivity contribution in [3.05, 3.63) is 58.9 Å². The van der Waals surface area contributed by atoms with E-state index in [-0.39, 0.29) is 24.0 Å². The molecule has 0 fully saturated rings. The van der Waals surface area contributed by atoms with Crippen molar-refractivity contribution < 1.29 is 4.74 Å². The first kappa shape index (κ1) is 23.5. The van der Waals surface area contributed by atoms with Crippen LogP contribution < -0.4 is 15.4 Å². The number of nitrogens with zero attached hydrogens (tertiary/aromatic N) is 2. The molecule has 0 atom stereocenters. The van der Waals surface area contributed by atoms with E-state index in [1.54, 1.807) is 20.4 Å². The molecule has 0 aliphatic heterocycles. The van der Waals surface area contributed by atoms with Crippen LogP contribution in [0, 0.1) is 0 Å². The van der Waals surface area contributed by atoms with Crippen LogP contribution in [0.25, 0.3) is 0 Å². The van der Waals surface area contributed by atoms with Gasteiger partial charge in [-0.2, -0.15) is 0 Å². The molecule has 2 rings (SSSR count). The van der Waals surface area contributed by atoms with Gasteiger partial charge in [0, 0.05) is 26.3 Å². The second-order valence-corrected chi connectivity index (χ2v) is 6.36. The van der Waals surface area contributed by atoms with E-state index in [0.29, 0.717) is 5.15 Å². The fraction of sp³-hybridized carbons (Fsp3) is 0.400. The lowest BCUT2D eigenvalue weighted by Gasteiger charge is -2.12. The zero-order valence-electron chi connectivity index (χ0n) is 15.9. The highest BCUT2D eigenvalue weighted by Crippen LogP contribution is 2.13. The normalized spacial score (nSPS) is 10.9. The number of rotatable bonds is 9. The molecule has 1 aromatic carbocycles. The molecule has 0 unspecified atom stereocenters. The summed E-state index contributed by atoms with van der Waals surface area (Å²) in [5, 5.41) is 7.19.